The van der Waals surface area contributed by atoms with Gasteiger partial charge in [0.1, 0.15) is 5.82 Å². The van der Waals surface area contributed by atoms with Gasteiger partial charge in [0, 0.05) is 50.4 Å². The lowest BCUT2D eigenvalue weighted by Crippen LogP contribution is -2.48. The van der Waals surface area contributed by atoms with Crippen LogP contribution in [-0.2, 0) is 4.79 Å². The molecular formula is C15H22FN3O. The highest BCUT2D eigenvalue weighted by atomic mass is 19.1. The van der Waals surface area contributed by atoms with Gasteiger partial charge in [0.05, 0.1) is 0 Å². The molecule has 1 fully saturated rings. The zero-order chi connectivity index (χ0) is 14.7. The average molecular weight is 279 g/mol. The van der Waals surface area contributed by atoms with Gasteiger partial charge in [0.25, 0.3) is 0 Å². The molecule has 110 valence electrons. The number of carbonyl (C=O) groups is 1. The Balaban J connectivity index is 2.22. The Bertz CT molecular complexity index is 484. The normalized spacial score (nSPS) is 17.2. The SMILES string of the molecule is CNC(C)c1c(F)cccc1N1CCN(C(C)=O)CC1. The highest BCUT2D eigenvalue weighted by Gasteiger charge is 2.23. The van der Waals surface area contributed by atoms with Crippen LogP contribution in [0, 0.1) is 5.82 Å². The fraction of sp³-hybridized carbons (Fsp3) is 0.533. The van der Waals surface area contributed by atoms with Crippen molar-refractivity contribution < 1.29 is 9.18 Å². The van der Waals surface area contributed by atoms with E-state index in [0.29, 0.717) is 18.7 Å². The molecule has 0 aromatic heterocycles. The number of nitrogens with zero attached hydrogens (tertiary/aromatic N) is 2. The monoisotopic (exact) mass is 279 g/mol. The quantitative estimate of drug-likeness (QED) is 0.916. The summed E-state index contributed by atoms with van der Waals surface area (Å²) in [5, 5.41) is 3.10. The highest BCUT2D eigenvalue weighted by molar-refractivity contribution is 5.73. The van der Waals surface area contributed by atoms with E-state index in [-0.39, 0.29) is 17.8 Å². The summed E-state index contributed by atoms with van der Waals surface area (Å²) < 4.78 is 14.1. The number of carbonyl (C=O) groups excluding carboxylic acids is 1. The van der Waals surface area contributed by atoms with Gasteiger partial charge in [-0.05, 0) is 26.1 Å². The predicted molar refractivity (Wildman–Crippen MR) is 78.3 cm³/mol. The fourth-order valence-electron chi connectivity index (χ4n) is 2.64. The van der Waals surface area contributed by atoms with Crippen LogP contribution in [0.25, 0.3) is 0 Å². The molecule has 1 aliphatic rings. The first-order chi connectivity index (χ1) is 9.54. The van der Waals surface area contributed by atoms with Crippen LogP contribution in [0.15, 0.2) is 18.2 Å². The van der Waals surface area contributed by atoms with Crippen LogP contribution in [0.4, 0.5) is 10.1 Å². The van der Waals surface area contributed by atoms with Gasteiger partial charge in [0.2, 0.25) is 5.91 Å². The number of hydrogen-bond acceptors (Lipinski definition) is 3. The fourth-order valence-corrected chi connectivity index (χ4v) is 2.64. The second-order valence-electron chi connectivity index (χ2n) is 5.18. The van der Waals surface area contributed by atoms with Crippen molar-refractivity contribution in [3.8, 4) is 0 Å². The van der Waals surface area contributed by atoms with Gasteiger partial charge in [0.15, 0.2) is 0 Å². The van der Waals surface area contributed by atoms with Crippen molar-refractivity contribution in [1.82, 2.24) is 10.2 Å². The average Bonchev–Trinajstić information content (AvgIpc) is 2.46. The molecule has 2 rings (SSSR count). The number of rotatable bonds is 3. The van der Waals surface area contributed by atoms with Gasteiger partial charge in [-0.2, -0.15) is 0 Å². The maximum atomic E-state index is 14.1. The van der Waals surface area contributed by atoms with Gasteiger partial charge in [-0.15, -0.1) is 0 Å². The van der Waals surface area contributed by atoms with E-state index in [1.54, 1.807) is 13.0 Å². The topological polar surface area (TPSA) is 35.6 Å². The Morgan fingerprint density at radius 2 is 1.95 bits per heavy atom. The Kier molecular flexibility index (Phi) is 4.60. The maximum Gasteiger partial charge on any atom is 0.219 e. The van der Waals surface area contributed by atoms with Crippen molar-refractivity contribution >= 4 is 11.6 Å². The Labute approximate surface area is 119 Å². The third-order valence-corrected chi connectivity index (χ3v) is 3.96. The smallest absolute Gasteiger partial charge is 0.219 e. The molecule has 1 saturated heterocycles. The largest absolute Gasteiger partial charge is 0.368 e. The van der Waals surface area contributed by atoms with E-state index in [4.69, 9.17) is 0 Å². The van der Waals surface area contributed by atoms with Gasteiger partial charge < -0.3 is 15.1 Å². The molecule has 1 aromatic carbocycles. The molecule has 20 heavy (non-hydrogen) atoms. The van der Waals surface area contributed by atoms with E-state index in [1.165, 1.54) is 6.07 Å². The van der Waals surface area contributed by atoms with Crippen LogP contribution >= 0.6 is 0 Å². The molecule has 0 radical (unpaired) electrons. The second kappa shape index (κ2) is 6.22. The first-order valence-corrected chi connectivity index (χ1v) is 7.00. The Hall–Kier alpha value is -1.62. The van der Waals surface area contributed by atoms with Crippen LogP contribution in [0.1, 0.15) is 25.5 Å². The van der Waals surface area contributed by atoms with Crippen LogP contribution in [0.3, 0.4) is 0 Å². The molecule has 0 spiro atoms. The van der Waals surface area contributed by atoms with Crippen LogP contribution in [0.5, 0.6) is 0 Å². The summed E-state index contributed by atoms with van der Waals surface area (Å²) in [6.45, 7) is 6.41. The zero-order valence-electron chi connectivity index (χ0n) is 12.3. The molecule has 1 N–H and O–H groups in total. The zero-order valence-corrected chi connectivity index (χ0v) is 12.3. The number of halogens is 1. The first kappa shape index (κ1) is 14.8. The summed E-state index contributed by atoms with van der Waals surface area (Å²) >= 11 is 0. The van der Waals surface area contributed by atoms with E-state index in [1.807, 2.05) is 24.9 Å². The van der Waals surface area contributed by atoms with E-state index in [2.05, 4.69) is 10.2 Å². The predicted octanol–water partition coefficient (Wildman–Crippen LogP) is 1.77. The third kappa shape index (κ3) is 2.93. The molecule has 0 bridgehead atoms. The number of benzene rings is 1. The molecule has 1 unspecified atom stereocenters. The molecule has 1 aromatic rings. The van der Waals surface area contributed by atoms with Crippen molar-refractivity contribution in [2.45, 2.75) is 19.9 Å². The Morgan fingerprint density at radius 3 is 2.50 bits per heavy atom. The highest BCUT2D eigenvalue weighted by Crippen LogP contribution is 2.29. The van der Waals surface area contributed by atoms with Crippen molar-refractivity contribution in [3.05, 3.63) is 29.6 Å². The minimum atomic E-state index is -0.182. The van der Waals surface area contributed by atoms with Gasteiger partial charge in [-0.1, -0.05) is 6.07 Å². The van der Waals surface area contributed by atoms with Gasteiger partial charge >= 0.3 is 0 Å². The first-order valence-electron chi connectivity index (χ1n) is 7.00. The van der Waals surface area contributed by atoms with E-state index in [9.17, 15) is 9.18 Å². The molecule has 5 heteroatoms. The van der Waals surface area contributed by atoms with Crippen LogP contribution in [-0.4, -0.2) is 44.0 Å². The van der Waals surface area contributed by atoms with Crippen molar-refractivity contribution in [1.29, 1.82) is 0 Å². The van der Waals surface area contributed by atoms with Gasteiger partial charge in [-0.3, -0.25) is 4.79 Å². The van der Waals surface area contributed by atoms with E-state index >= 15 is 0 Å². The lowest BCUT2D eigenvalue weighted by Gasteiger charge is -2.37. The Morgan fingerprint density at radius 1 is 1.30 bits per heavy atom. The van der Waals surface area contributed by atoms with Crippen LogP contribution < -0.4 is 10.2 Å². The van der Waals surface area contributed by atoms with Crippen molar-refractivity contribution in [2.75, 3.05) is 38.1 Å². The molecule has 1 heterocycles. The van der Waals surface area contributed by atoms with Crippen LogP contribution in [0.2, 0.25) is 0 Å². The van der Waals surface area contributed by atoms with E-state index in [0.717, 1.165) is 18.8 Å². The standard InChI is InChI=1S/C15H22FN3O/c1-11(17-3)15-13(16)5-4-6-14(15)19-9-7-18(8-10-19)12(2)20/h4-6,11,17H,7-10H2,1-3H3. The number of hydrogen-bond donors (Lipinski definition) is 1. The summed E-state index contributed by atoms with van der Waals surface area (Å²) in [5.74, 6) is -0.0777. The maximum absolute atomic E-state index is 14.1. The molecular weight excluding hydrogens is 257 g/mol. The molecule has 0 saturated carbocycles. The van der Waals surface area contributed by atoms with E-state index < -0.39 is 0 Å². The number of amides is 1. The molecule has 1 aliphatic heterocycles. The number of anilines is 1. The lowest BCUT2D eigenvalue weighted by atomic mass is 10.0. The number of nitrogens with one attached hydrogen (secondary N) is 1. The minimum absolute atomic E-state index is 0.0444. The molecule has 0 aliphatic carbocycles. The molecule has 1 atom stereocenters. The summed E-state index contributed by atoms with van der Waals surface area (Å²) in [5.41, 5.74) is 1.63. The van der Waals surface area contributed by atoms with Gasteiger partial charge in [-0.25, -0.2) is 4.39 Å². The summed E-state index contributed by atoms with van der Waals surface area (Å²) in [7, 11) is 1.83. The lowest BCUT2D eigenvalue weighted by molar-refractivity contribution is -0.129. The minimum Gasteiger partial charge on any atom is -0.368 e. The van der Waals surface area contributed by atoms with Crippen molar-refractivity contribution in [2.24, 2.45) is 0 Å². The second-order valence-corrected chi connectivity index (χ2v) is 5.18. The number of piperazine rings is 1. The summed E-state index contributed by atoms with van der Waals surface area (Å²) in [6, 6.07) is 5.15. The summed E-state index contributed by atoms with van der Waals surface area (Å²) in [4.78, 5) is 15.3. The third-order valence-electron chi connectivity index (χ3n) is 3.96. The molecule has 4 nitrogen and oxygen atoms in total. The summed E-state index contributed by atoms with van der Waals surface area (Å²) in [6.07, 6.45) is 0. The van der Waals surface area contributed by atoms with Crippen molar-refractivity contribution in [3.63, 3.8) is 0 Å². The molecule has 1 amide bonds.